The van der Waals surface area contributed by atoms with Gasteiger partial charge in [0.2, 0.25) is 0 Å². The van der Waals surface area contributed by atoms with Gasteiger partial charge in [-0.2, -0.15) is 0 Å². The zero-order valence-electron chi connectivity index (χ0n) is 11.9. The first-order valence-electron chi connectivity index (χ1n) is 7.29. The van der Waals surface area contributed by atoms with Crippen molar-refractivity contribution in [2.75, 3.05) is 24.1 Å². The van der Waals surface area contributed by atoms with Crippen LogP contribution in [0.25, 0.3) is 0 Å². The van der Waals surface area contributed by atoms with Crippen molar-refractivity contribution < 1.29 is 0 Å². The van der Waals surface area contributed by atoms with Crippen molar-refractivity contribution in [3.05, 3.63) is 59.1 Å². The number of halogens is 1. The smallest absolute Gasteiger partial charge is 0.0739 e. The molecule has 0 spiro atoms. The Balaban J connectivity index is 1.59. The minimum atomic E-state index is 0.425. The molecule has 0 bridgehead atoms. The van der Waals surface area contributed by atoms with Gasteiger partial charge in [-0.25, -0.2) is 0 Å². The van der Waals surface area contributed by atoms with E-state index in [4.69, 9.17) is 17.3 Å². The molecule has 3 N–H and O–H groups in total. The number of nitrogens with two attached hydrogens (primary N) is 1. The second kappa shape index (κ2) is 6.37. The Kier molecular flexibility index (Phi) is 4.32. The molecule has 3 rings (SSSR count). The Morgan fingerprint density at radius 2 is 1.95 bits per heavy atom. The number of rotatable bonds is 4. The molecule has 4 heteroatoms. The fourth-order valence-electron chi connectivity index (χ4n) is 2.82. The molecule has 21 heavy (non-hydrogen) atoms. The SMILES string of the molecule is Nc1c(Cl)cccc1NC1CCN(Cc2ccccc2)C1. The summed E-state index contributed by atoms with van der Waals surface area (Å²) in [6, 6.07) is 16.7. The third kappa shape index (κ3) is 3.49. The van der Waals surface area contributed by atoms with Gasteiger partial charge in [0.05, 0.1) is 16.4 Å². The summed E-state index contributed by atoms with van der Waals surface area (Å²) in [6.45, 7) is 3.14. The van der Waals surface area contributed by atoms with Crippen LogP contribution in [0.1, 0.15) is 12.0 Å². The van der Waals surface area contributed by atoms with Crippen LogP contribution in [-0.2, 0) is 6.54 Å². The molecule has 2 aromatic carbocycles. The van der Waals surface area contributed by atoms with Crippen LogP contribution in [0, 0.1) is 0 Å². The average Bonchev–Trinajstić information content (AvgIpc) is 2.92. The highest BCUT2D eigenvalue weighted by Crippen LogP contribution is 2.28. The van der Waals surface area contributed by atoms with Crippen LogP contribution < -0.4 is 11.1 Å². The molecule has 0 aliphatic carbocycles. The highest BCUT2D eigenvalue weighted by Gasteiger charge is 2.22. The van der Waals surface area contributed by atoms with E-state index in [-0.39, 0.29) is 0 Å². The lowest BCUT2D eigenvalue weighted by Gasteiger charge is -2.18. The van der Waals surface area contributed by atoms with E-state index >= 15 is 0 Å². The number of nitrogens with one attached hydrogen (secondary N) is 1. The third-order valence-electron chi connectivity index (χ3n) is 3.93. The van der Waals surface area contributed by atoms with Crippen molar-refractivity contribution in [3.63, 3.8) is 0 Å². The second-order valence-corrected chi connectivity index (χ2v) is 5.96. The molecule has 3 nitrogen and oxygen atoms in total. The maximum absolute atomic E-state index is 6.06. The molecule has 1 heterocycles. The largest absolute Gasteiger partial charge is 0.396 e. The highest BCUT2D eigenvalue weighted by molar-refractivity contribution is 6.33. The van der Waals surface area contributed by atoms with Crippen LogP contribution >= 0.6 is 11.6 Å². The lowest BCUT2D eigenvalue weighted by atomic mass is 10.2. The van der Waals surface area contributed by atoms with Gasteiger partial charge in [0.1, 0.15) is 0 Å². The minimum Gasteiger partial charge on any atom is -0.396 e. The molecule has 0 aromatic heterocycles. The van der Waals surface area contributed by atoms with Crippen LogP contribution in [-0.4, -0.2) is 24.0 Å². The van der Waals surface area contributed by atoms with Gasteiger partial charge in [-0.3, -0.25) is 4.90 Å². The molecule has 0 saturated carbocycles. The maximum Gasteiger partial charge on any atom is 0.0739 e. The first kappa shape index (κ1) is 14.2. The van der Waals surface area contributed by atoms with Gasteiger partial charge in [0.15, 0.2) is 0 Å². The molecule has 2 aromatic rings. The molecule has 1 aliphatic heterocycles. The van der Waals surface area contributed by atoms with Gasteiger partial charge < -0.3 is 11.1 Å². The lowest BCUT2D eigenvalue weighted by Crippen LogP contribution is -2.26. The first-order valence-corrected chi connectivity index (χ1v) is 7.67. The zero-order chi connectivity index (χ0) is 14.7. The van der Waals surface area contributed by atoms with Gasteiger partial charge in [-0.15, -0.1) is 0 Å². The van der Waals surface area contributed by atoms with E-state index in [1.807, 2.05) is 18.2 Å². The van der Waals surface area contributed by atoms with Gasteiger partial charge in [-0.1, -0.05) is 48.0 Å². The number of likely N-dealkylation sites (tertiary alicyclic amines) is 1. The predicted octanol–water partition coefficient (Wildman–Crippen LogP) is 3.61. The average molecular weight is 302 g/mol. The molecule has 1 fully saturated rings. The van der Waals surface area contributed by atoms with E-state index < -0.39 is 0 Å². The Labute approximate surface area is 130 Å². The first-order chi connectivity index (χ1) is 10.2. The zero-order valence-corrected chi connectivity index (χ0v) is 12.7. The van der Waals surface area contributed by atoms with Gasteiger partial charge in [0, 0.05) is 25.7 Å². The van der Waals surface area contributed by atoms with Crippen molar-refractivity contribution >= 4 is 23.0 Å². The van der Waals surface area contributed by atoms with E-state index in [9.17, 15) is 0 Å². The summed E-state index contributed by atoms with van der Waals surface area (Å²) in [7, 11) is 0. The summed E-state index contributed by atoms with van der Waals surface area (Å²) in [5.74, 6) is 0. The van der Waals surface area contributed by atoms with Gasteiger partial charge >= 0.3 is 0 Å². The summed E-state index contributed by atoms with van der Waals surface area (Å²) in [5.41, 5.74) is 8.95. The van der Waals surface area contributed by atoms with Crippen molar-refractivity contribution in [2.24, 2.45) is 0 Å². The van der Waals surface area contributed by atoms with Crippen LogP contribution in [0.3, 0.4) is 0 Å². The summed E-state index contributed by atoms with van der Waals surface area (Å²) >= 11 is 6.06. The van der Waals surface area contributed by atoms with Crippen LogP contribution in [0.5, 0.6) is 0 Å². The standard InChI is InChI=1S/C17H20ClN3/c18-15-7-4-8-16(17(15)19)20-14-9-10-21(12-14)11-13-5-2-1-3-6-13/h1-8,14,20H,9-12,19H2. The molecule has 0 radical (unpaired) electrons. The quantitative estimate of drug-likeness (QED) is 0.848. The van der Waals surface area contributed by atoms with E-state index in [1.165, 1.54) is 5.56 Å². The van der Waals surface area contributed by atoms with Crippen molar-refractivity contribution in [1.29, 1.82) is 0 Å². The summed E-state index contributed by atoms with van der Waals surface area (Å²) < 4.78 is 0. The fourth-order valence-corrected chi connectivity index (χ4v) is 2.99. The molecule has 1 aliphatic rings. The highest BCUT2D eigenvalue weighted by atomic mass is 35.5. The van der Waals surface area contributed by atoms with Gasteiger partial charge in [-0.05, 0) is 24.1 Å². The summed E-state index contributed by atoms with van der Waals surface area (Å²) in [4.78, 5) is 2.47. The summed E-state index contributed by atoms with van der Waals surface area (Å²) in [6.07, 6.45) is 1.12. The normalized spacial score (nSPS) is 18.8. The predicted molar refractivity (Wildman–Crippen MR) is 89.6 cm³/mol. The van der Waals surface area contributed by atoms with Crippen molar-refractivity contribution in [1.82, 2.24) is 4.90 Å². The number of para-hydroxylation sites is 1. The maximum atomic E-state index is 6.06. The molecule has 1 saturated heterocycles. The van der Waals surface area contributed by atoms with E-state index in [0.29, 0.717) is 16.8 Å². The van der Waals surface area contributed by atoms with E-state index in [2.05, 4.69) is 40.5 Å². The number of anilines is 2. The minimum absolute atomic E-state index is 0.425. The number of nitrogen functional groups attached to an aromatic ring is 1. The summed E-state index contributed by atoms with van der Waals surface area (Å²) in [5, 5.41) is 4.12. The number of hydrogen-bond donors (Lipinski definition) is 2. The van der Waals surface area contributed by atoms with E-state index in [1.54, 1.807) is 0 Å². The van der Waals surface area contributed by atoms with Crippen LogP contribution in [0.2, 0.25) is 5.02 Å². The van der Waals surface area contributed by atoms with Crippen LogP contribution in [0.15, 0.2) is 48.5 Å². The third-order valence-corrected chi connectivity index (χ3v) is 4.26. The Bertz CT molecular complexity index is 600. The molecule has 1 unspecified atom stereocenters. The number of nitrogens with zero attached hydrogens (tertiary/aromatic N) is 1. The monoisotopic (exact) mass is 301 g/mol. The van der Waals surface area contributed by atoms with Gasteiger partial charge in [0.25, 0.3) is 0 Å². The lowest BCUT2D eigenvalue weighted by molar-refractivity contribution is 0.328. The number of hydrogen-bond acceptors (Lipinski definition) is 3. The molecule has 0 amide bonds. The molecular weight excluding hydrogens is 282 g/mol. The Hall–Kier alpha value is -1.71. The number of benzene rings is 2. The van der Waals surface area contributed by atoms with E-state index in [0.717, 1.165) is 31.7 Å². The molecular formula is C17H20ClN3. The Morgan fingerprint density at radius 1 is 1.14 bits per heavy atom. The topological polar surface area (TPSA) is 41.3 Å². The Morgan fingerprint density at radius 3 is 2.76 bits per heavy atom. The van der Waals surface area contributed by atoms with Crippen molar-refractivity contribution in [2.45, 2.75) is 19.0 Å². The second-order valence-electron chi connectivity index (χ2n) is 5.55. The molecule has 110 valence electrons. The van der Waals surface area contributed by atoms with Crippen LogP contribution in [0.4, 0.5) is 11.4 Å². The van der Waals surface area contributed by atoms with Crippen molar-refractivity contribution in [3.8, 4) is 0 Å². The fraction of sp³-hybridized carbons (Fsp3) is 0.294. The molecule has 1 atom stereocenters.